The van der Waals surface area contributed by atoms with Crippen LogP contribution in [0, 0.1) is 0 Å². The van der Waals surface area contributed by atoms with E-state index in [0.717, 1.165) is 6.26 Å². The van der Waals surface area contributed by atoms with Gasteiger partial charge >= 0.3 is 5.97 Å². The first-order valence-electron chi connectivity index (χ1n) is 4.84. The highest BCUT2D eigenvalue weighted by molar-refractivity contribution is 7.92. The number of carboxylic acid groups (broad SMARTS) is 1. The van der Waals surface area contributed by atoms with E-state index in [0.29, 0.717) is 5.56 Å². The molecular weight excluding hydrogens is 244 g/mol. The Morgan fingerprint density at radius 2 is 2.06 bits per heavy atom. The van der Waals surface area contributed by atoms with Gasteiger partial charge in [0.1, 0.15) is 0 Å². The monoisotopic (exact) mass is 258 g/mol. The summed E-state index contributed by atoms with van der Waals surface area (Å²) >= 11 is 0. The van der Waals surface area contributed by atoms with Crippen LogP contribution in [0.5, 0.6) is 0 Å². The summed E-state index contributed by atoms with van der Waals surface area (Å²) in [4.78, 5) is 11.0. The number of rotatable bonds is 5. The number of anilines is 1. The Bertz CT molecular complexity index is 513. The normalized spacial score (nSPS) is 13.1. The van der Waals surface area contributed by atoms with Gasteiger partial charge in [-0.05, 0) is 11.6 Å². The van der Waals surface area contributed by atoms with Crippen LogP contribution in [0.2, 0.25) is 0 Å². The first-order chi connectivity index (χ1) is 7.85. The van der Waals surface area contributed by atoms with Crippen LogP contribution < -0.4 is 10.5 Å². The number of nitrogens with two attached hydrogens (primary N) is 1. The Morgan fingerprint density at radius 1 is 1.47 bits per heavy atom. The standard InChI is InChI=1S/C10H14N2O4S/c1-17(15,16)12-9-5-3-2-4-7(9)8(6-11)10(13)14/h2-5,8,12H,6,11H2,1H3,(H,13,14). The van der Waals surface area contributed by atoms with Gasteiger partial charge in [-0.3, -0.25) is 9.52 Å². The van der Waals surface area contributed by atoms with E-state index in [1.165, 1.54) is 6.07 Å². The second-order valence-electron chi connectivity index (χ2n) is 3.59. The van der Waals surface area contributed by atoms with Gasteiger partial charge in [-0.15, -0.1) is 0 Å². The zero-order valence-corrected chi connectivity index (χ0v) is 10.1. The van der Waals surface area contributed by atoms with Crippen molar-refractivity contribution in [3.63, 3.8) is 0 Å². The molecule has 0 fully saturated rings. The number of benzene rings is 1. The molecule has 1 unspecified atom stereocenters. The zero-order chi connectivity index (χ0) is 13.1. The third kappa shape index (κ3) is 3.72. The average molecular weight is 258 g/mol. The highest BCUT2D eigenvalue weighted by Gasteiger charge is 2.21. The second-order valence-corrected chi connectivity index (χ2v) is 5.34. The van der Waals surface area contributed by atoms with Gasteiger partial charge in [-0.1, -0.05) is 18.2 Å². The van der Waals surface area contributed by atoms with E-state index in [2.05, 4.69) is 4.72 Å². The molecule has 1 atom stereocenters. The lowest BCUT2D eigenvalue weighted by Gasteiger charge is -2.15. The van der Waals surface area contributed by atoms with Gasteiger partial charge < -0.3 is 10.8 Å². The van der Waals surface area contributed by atoms with Gasteiger partial charge in [-0.2, -0.15) is 0 Å². The summed E-state index contributed by atoms with van der Waals surface area (Å²) in [7, 11) is -3.45. The Labute approximate surface area is 99.5 Å². The number of nitrogens with one attached hydrogen (secondary N) is 1. The van der Waals surface area contributed by atoms with E-state index in [-0.39, 0.29) is 12.2 Å². The Morgan fingerprint density at radius 3 is 2.53 bits per heavy atom. The molecule has 0 spiro atoms. The molecule has 6 nitrogen and oxygen atoms in total. The number of sulfonamides is 1. The van der Waals surface area contributed by atoms with Gasteiger partial charge in [0.15, 0.2) is 0 Å². The van der Waals surface area contributed by atoms with E-state index in [1.807, 2.05) is 0 Å². The molecule has 94 valence electrons. The zero-order valence-electron chi connectivity index (χ0n) is 9.25. The molecule has 17 heavy (non-hydrogen) atoms. The van der Waals surface area contributed by atoms with Gasteiger partial charge in [0.25, 0.3) is 0 Å². The SMILES string of the molecule is CS(=O)(=O)Nc1ccccc1C(CN)C(=O)O. The van der Waals surface area contributed by atoms with Crippen LogP contribution in [0.25, 0.3) is 0 Å². The van der Waals surface area contributed by atoms with Crippen LogP contribution in [0.4, 0.5) is 5.69 Å². The first kappa shape index (κ1) is 13.5. The minimum absolute atomic E-state index is 0.0994. The molecule has 0 radical (unpaired) electrons. The van der Waals surface area contributed by atoms with E-state index >= 15 is 0 Å². The van der Waals surface area contributed by atoms with Crippen LogP contribution >= 0.6 is 0 Å². The van der Waals surface area contributed by atoms with Crippen LogP contribution in [-0.2, 0) is 14.8 Å². The molecule has 0 saturated heterocycles. The molecule has 0 amide bonds. The third-order valence-electron chi connectivity index (χ3n) is 2.17. The summed E-state index contributed by atoms with van der Waals surface area (Å²) in [6.45, 7) is -0.0994. The van der Waals surface area contributed by atoms with Gasteiger partial charge in [0.05, 0.1) is 17.9 Å². The number of hydrogen-bond donors (Lipinski definition) is 3. The summed E-state index contributed by atoms with van der Waals surface area (Å²) in [5, 5.41) is 8.99. The maximum absolute atomic E-state index is 11.1. The van der Waals surface area contributed by atoms with Crippen molar-refractivity contribution < 1.29 is 18.3 Å². The summed E-state index contributed by atoms with van der Waals surface area (Å²) in [5.74, 6) is -2.02. The van der Waals surface area contributed by atoms with E-state index in [1.54, 1.807) is 18.2 Å². The molecule has 0 aliphatic heterocycles. The Balaban J connectivity index is 3.19. The fraction of sp³-hybridized carbons (Fsp3) is 0.300. The number of carboxylic acids is 1. The minimum Gasteiger partial charge on any atom is -0.481 e. The van der Waals surface area contributed by atoms with Crippen LogP contribution in [0.1, 0.15) is 11.5 Å². The van der Waals surface area contributed by atoms with Crippen molar-refractivity contribution in [1.29, 1.82) is 0 Å². The quantitative estimate of drug-likeness (QED) is 0.698. The number of aliphatic carboxylic acids is 1. The molecule has 0 heterocycles. The summed E-state index contributed by atoms with van der Waals surface area (Å²) in [6.07, 6.45) is 1.00. The molecule has 0 aliphatic carbocycles. The van der Waals surface area contributed by atoms with Crippen molar-refractivity contribution in [1.82, 2.24) is 0 Å². The molecule has 7 heteroatoms. The molecule has 0 aromatic heterocycles. The van der Waals surface area contributed by atoms with Crippen molar-refractivity contribution in [2.75, 3.05) is 17.5 Å². The lowest BCUT2D eigenvalue weighted by molar-refractivity contribution is -0.138. The maximum Gasteiger partial charge on any atom is 0.312 e. The van der Waals surface area contributed by atoms with Gasteiger partial charge in [0, 0.05) is 6.54 Å². The van der Waals surface area contributed by atoms with Gasteiger partial charge in [-0.25, -0.2) is 8.42 Å². The van der Waals surface area contributed by atoms with Crippen molar-refractivity contribution in [2.45, 2.75) is 5.92 Å². The summed E-state index contributed by atoms with van der Waals surface area (Å²) < 4.78 is 24.6. The largest absolute Gasteiger partial charge is 0.481 e. The van der Waals surface area contributed by atoms with E-state index in [4.69, 9.17) is 10.8 Å². The maximum atomic E-state index is 11.1. The molecule has 0 aliphatic rings. The fourth-order valence-electron chi connectivity index (χ4n) is 1.45. The average Bonchev–Trinajstić information content (AvgIpc) is 2.18. The molecule has 1 aromatic rings. The highest BCUT2D eigenvalue weighted by Crippen LogP contribution is 2.24. The molecule has 1 aromatic carbocycles. The third-order valence-corrected chi connectivity index (χ3v) is 2.76. The first-order valence-corrected chi connectivity index (χ1v) is 6.74. The predicted molar refractivity (Wildman–Crippen MR) is 64.3 cm³/mol. The minimum atomic E-state index is -3.45. The Kier molecular flexibility index (Phi) is 4.08. The molecule has 1 rings (SSSR count). The van der Waals surface area contributed by atoms with Crippen LogP contribution in [-0.4, -0.2) is 32.3 Å². The summed E-state index contributed by atoms with van der Waals surface area (Å²) in [5.41, 5.74) is 5.98. The van der Waals surface area contributed by atoms with Crippen molar-refractivity contribution >= 4 is 21.7 Å². The van der Waals surface area contributed by atoms with Crippen molar-refractivity contribution in [3.8, 4) is 0 Å². The number of hydrogen-bond acceptors (Lipinski definition) is 4. The lowest BCUT2D eigenvalue weighted by Crippen LogP contribution is -2.23. The van der Waals surface area contributed by atoms with Crippen molar-refractivity contribution in [3.05, 3.63) is 29.8 Å². The molecular formula is C10H14N2O4S. The highest BCUT2D eigenvalue weighted by atomic mass is 32.2. The molecule has 0 saturated carbocycles. The van der Waals surface area contributed by atoms with Crippen LogP contribution in [0.15, 0.2) is 24.3 Å². The topological polar surface area (TPSA) is 109 Å². The summed E-state index contributed by atoms with van der Waals surface area (Å²) in [6, 6.07) is 6.29. The molecule has 4 N–H and O–H groups in total. The van der Waals surface area contributed by atoms with E-state index < -0.39 is 21.9 Å². The predicted octanol–water partition coefficient (Wildman–Crippen LogP) is 0.185. The molecule has 0 bridgehead atoms. The number of para-hydroxylation sites is 1. The smallest absolute Gasteiger partial charge is 0.312 e. The second kappa shape index (κ2) is 5.15. The lowest BCUT2D eigenvalue weighted by atomic mass is 9.98. The van der Waals surface area contributed by atoms with E-state index in [9.17, 15) is 13.2 Å². The number of carbonyl (C=O) groups is 1. The Hall–Kier alpha value is -1.60. The van der Waals surface area contributed by atoms with Gasteiger partial charge in [0.2, 0.25) is 10.0 Å². The van der Waals surface area contributed by atoms with Crippen LogP contribution in [0.3, 0.4) is 0 Å². The fourth-order valence-corrected chi connectivity index (χ4v) is 2.04. The van der Waals surface area contributed by atoms with Crippen molar-refractivity contribution in [2.24, 2.45) is 5.73 Å².